The number of aromatic amines is 1. The van der Waals surface area contributed by atoms with Crippen LogP contribution in [0.5, 0.6) is 11.5 Å². The molecule has 15 heteroatoms. The minimum Gasteiger partial charge on any atom is -0.508 e. The number of phenolic OH excluding ortho intramolecular Hbond substituents is 2. The molecule has 7 rings (SSSR count). The number of hydrogen-bond donors (Lipinski definition) is 7. The lowest BCUT2D eigenvalue weighted by atomic mass is 9.91. The highest BCUT2D eigenvalue weighted by molar-refractivity contribution is 5.91. The van der Waals surface area contributed by atoms with Crippen LogP contribution < -0.4 is 27.7 Å². The number of nitrogens with one attached hydrogen (secondary N) is 3. The lowest BCUT2D eigenvalue weighted by molar-refractivity contribution is -0.142. The number of H-pyrrole nitrogens is 1. The maximum atomic E-state index is 14.0. The molecule has 68 heavy (non-hydrogen) atoms. The van der Waals surface area contributed by atoms with E-state index in [2.05, 4.69) is 20.6 Å². The lowest BCUT2D eigenvalue weighted by Crippen LogP contribution is -2.56. The number of benzene rings is 4. The minimum absolute atomic E-state index is 0.152. The van der Waals surface area contributed by atoms with Gasteiger partial charge in [-0.3, -0.25) is 29.0 Å². The molecule has 0 saturated heterocycles. The summed E-state index contributed by atoms with van der Waals surface area (Å²) >= 11 is 0. The van der Waals surface area contributed by atoms with Crippen LogP contribution in [0.2, 0.25) is 0 Å². The number of hydrogen-bond acceptors (Lipinski definition) is 10. The van der Waals surface area contributed by atoms with Gasteiger partial charge < -0.3 is 47.1 Å². The average molecular weight is 925 g/mol. The van der Waals surface area contributed by atoms with Crippen LogP contribution in [0.4, 0.5) is 0 Å². The minimum atomic E-state index is -0.896. The molecule has 0 spiro atoms. The zero-order valence-corrected chi connectivity index (χ0v) is 39.7. The van der Waals surface area contributed by atoms with Crippen LogP contribution in [-0.4, -0.2) is 90.9 Å². The van der Waals surface area contributed by atoms with Crippen molar-refractivity contribution in [2.24, 2.45) is 11.5 Å². The molecule has 9 N–H and O–H groups in total. The first-order chi connectivity index (χ1) is 32.5. The molecule has 0 aliphatic carbocycles. The summed E-state index contributed by atoms with van der Waals surface area (Å²) in [5.74, 6) is -0.931. The third-order valence-corrected chi connectivity index (χ3v) is 13.6. The summed E-state index contributed by atoms with van der Waals surface area (Å²) < 4.78 is 0. The van der Waals surface area contributed by atoms with Crippen LogP contribution in [0.25, 0.3) is 0 Å². The van der Waals surface area contributed by atoms with Gasteiger partial charge >= 0.3 is 0 Å². The summed E-state index contributed by atoms with van der Waals surface area (Å²) in [4.78, 5) is 79.5. The Morgan fingerprint density at radius 3 is 1.49 bits per heavy atom. The number of aryl methyl sites for hydroxylation is 7. The van der Waals surface area contributed by atoms with E-state index >= 15 is 0 Å². The molecule has 358 valence electrons. The van der Waals surface area contributed by atoms with E-state index in [0.29, 0.717) is 62.2 Å². The lowest BCUT2D eigenvalue weighted by Gasteiger charge is -2.37. The molecule has 5 aromatic rings. The van der Waals surface area contributed by atoms with Gasteiger partial charge in [0.1, 0.15) is 29.3 Å². The van der Waals surface area contributed by atoms with Crippen molar-refractivity contribution in [2.75, 3.05) is 13.1 Å². The van der Waals surface area contributed by atoms with Gasteiger partial charge in [0, 0.05) is 44.7 Å². The van der Waals surface area contributed by atoms with Gasteiger partial charge in [0.25, 0.3) is 5.56 Å². The molecule has 0 radical (unpaired) electrons. The second-order valence-corrected chi connectivity index (χ2v) is 18.5. The summed E-state index contributed by atoms with van der Waals surface area (Å²) in [6.07, 6.45) is 2.94. The van der Waals surface area contributed by atoms with E-state index in [0.717, 1.165) is 55.6 Å². The second-order valence-electron chi connectivity index (χ2n) is 18.5. The van der Waals surface area contributed by atoms with Crippen molar-refractivity contribution >= 4 is 23.6 Å². The summed E-state index contributed by atoms with van der Waals surface area (Å²) in [6.45, 7) is 10.4. The summed E-state index contributed by atoms with van der Waals surface area (Å²) in [5, 5.41) is 26.0. The van der Waals surface area contributed by atoms with Crippen molar-refractivity contribution < 1.29 is 29.4 Å². The number of rotatable bonds is 16. The van der Waals surface area contributed by atoms with E-state index in [1.165, 1.54) is 0 Å². The Morgan fingerprint density at radius 2 is 1.06 bits per heavy atom. The van der Waals surface area contributed by atoms with Crippen molar-refractivity contribution in [2.45, 2.75) is 123 Å². The van der Waals surface area contributed by atoms with Crippen molar-refractivity contribution in [3.8, 4) is 11.5 Å². The number of nitrogens with two attached hydrogens (primary N) is 2. The van der Waals surface area contributed by atoms with E-state index in [1.54, 1.807) is 34.1 Å². The zero-order chi connectivity index (χ0) is 48.8. The van der Waals surface area contributed by atoms with Crippen LogP contribution in [0.15, 0.2) is 77.6 Å². The molecular weight excluding hydrogens is 861 g/mol. The Morgan fingerprint density at radius 1 is 0.662 bits per heavy atom. The van der Waals surface area contributed by atoms with Crippen LogP contribution in [0, 0.1) is 34.6 Å². The van der Waals surface area contributed by atoms with E-state index in [1.807, 2.05) is 83.1 Å². The first-order valence-corrected chi connectivity index (χ1v) is 23.5. The molecule has 2 aliphatic heterocycles. The molecule has 3 heterocycles. The average Bonchev–Trinajstić information content (AvgIpc) is 3.31. The fraction of sp³-hybridized carbons (Fsp3) is 0.396. The first-order valence-electron chi connectivity index (χ1n) is 23.5. The Balaban J connectivity index is 0.912. The Labute approximate surface area is 397 Å². The van der Waals surface area contributed by atoms with Gasteiger partial charge in [-0.25, -0.2) is 0 Å². The maximum Gasteiger partial charge on any atom is 0.269 e. The van der Waals surface area contributed by atoms with Gasteiger partial charge in [-0.15, -0.1) is 0 Å². The topological polar surface area (TPSA) is 237 Å². The van der Waals surface area contributed by atoms with Crippen LogP contribution in [0.3, 0.4) is 0 Å². The Kier molecular flexibility index (Phi) is 15.5. The third kappa shape index (κ3) is 11.3. The highest BCUT2D eigenvalue weighted by Crippen LogP contribution is 2.28. The molecule has 1 aromatic heterocycles. The highest BCUT2D eigenvalue weighted by atomic mass is 16.3. The number of fused-ring (bicyclic) bond motifs is 2. The predicted molar refractivity (Wildman–Crippen MR) is 260 cm³/mol. The quantitative estimate of drug-likeness (QED) is 0.0706. The third-order valence-electron chi connectivity index (χ3n) is 13.6. The molecule has 2 aliphatic rings. The molecule has 0 saturated carbocycles. The molecule has 0 unspecified atom stereocenters. The zero-order valence-electron chi connectivity index (χ0n) is 39.7. The van der Waals surface area contributed by atoms with Gasteiger partial charge in [-0.2, -0.15) is 0 Å². The normalized spacial score (nSPS) is 16.3. The molecular formula is C53H64N8O7. The Bertz CT molecular complexity index is 2720. The van der Waals surface area contributed by atoms with Gasteiger partial charge in [0.05, 0.1) is 17.8 Å². The van der Waals surface area contributed by atoms with E-state index in [9.17, 15) is 34.2 Å². The van der Waals surface area contributed by atoms with Crippen molar-refractivity contribution in [1.29, 1.82) is 0 Å². The van der Waals surface area contributed by atoms with Crippen molar-refractivity contribution in [3.05, 3.63) is 156 Å². The molecule has 4 aromatic carbocycles. The summed E-state index contributed by atoms with van der Waals surface area (Å²) in [5.41, 5.74) is 23.5. The van der Waals surface area contributed by atoms with E-state index in [-0.39, 0.29) is 73.2 Å². The maximum absolute atomic E-state index is 14.0. The van der Waals surface area contributed by atoms with Crippen molar-refractivity contribution in [3.63, 3.8) is 0 Å². The fourth-order valence-corrected chi connectivity index (χ4v) is 9.82. The molecule has 15 nitrogen and oxygen atoms in total. The predicted octanol–water partition coefficient (Wildman–Crippen LogP) is 3.87. The molecule has 4 atom stereocenters. The monoisotopic (exact) mass is 924 g/mol. The standard InChI is InChI=1S/C53H64N8O7/c1-30-20-39(62)21-31(2)41(30)26-43(54)52(67)60-28-37-14-8-6-12-35(37)24-47(60)50(65)56-18-10-16-45-34(5)58-46(49(64)59-45)17-11-19-57-51(66)48-25-36-13-7-9-15-38(36)29-61(48)53(68)44(55)27-42-32(3)22-40(63)23-33(42)4/h6-9,12-15,20-23,43-44,47-48,62-63H,10-11,16-19,24-29,54-55H2,1-5H3,(H,56,65)(H,57,66)(H,59,64)/t43-,44-,47-,48-/m0/s1. The molecule has 0 bridgehead atoms. The number of phenols is 2. The number of aromatic nitrogens is 2. The largest absolute Gasteiger partial charge is 0.508 e. The van der Waals surface area contributed by atoms with Crippen molar-refractivity contribution in [1.82, 2.24) is 30.4 Å². The van der Waals surface area contributed by atoms with Crippen LogP contribution in [0.1, 0.15) is 85.6 Å². The van der Waals surface area contributed by atoms with Gasteiger partial charge in [-0.05, 0) is 153 Å². The summed E-state index contributed by atoms with van der Waals surface area (Å²) in [6, 6.07) is 18.8. The SMILES string of the molecule is Cc1cc(O)cc(C)c1C[C@H](N)C(=O)N1Cc2ccccc2C[C@H]1C(=O)NCCCc1[nH]c(=O)c(CCCNC(=O)[C@@H]2Cc3ccccc3CN2C(=O)[C@@H](N)Cc2c(C)cc(O)cc2C)nc1C. The van der Waals surface area contributed by atoms with Crippen LogP contribution in [-0.2, 0) is 70.8 Å². The smallest absolute Gasteiger partial charge is 0.269 e. The second kappa shape index (κ2) is 21.4. The fourth-order valence-electron chi connectivity index (χ4n) is 9.82. The van der Waals surface area contributed by atoms with Crippen LogP contribution >= 0.6 is 0 Å². The number of amides is 4. The number of carbonyl (C=O) groups is 4. The van der Waals surface area contributed by atoms with E-state index < -0.39 is 24.2 Å². The number of carbonyl (C=O) groups excluding carboxylic acids is 4. The summed E-state index contributed by atoms with van der Waals surface area (Å²) in [7, 11) is 0. The molecule has 4 amide bonds. The van der Waals surface area contributed by atoms with Gasteiger partial charge in [0.15, 0.2) is 0 Å². The van der Waals surface area contributed by atoms with E-state index in [4.69, 9.17) is 11.5 Å². The number of nitrogens with zero attached hydrogens (tertiary/aromatic N) is 3. The van der Waals surface area contributed by atoms with Gasteiger partial charge in [0.2, 0.25) is 23.6 Å². The Hall–Kier alpha value is -6.84. The molecule has 0 fully saturated rings. The first kappa shape index (κ1) is 49.1. The highest BCUT2D eigenvalue weighted by Gasteiger charge is 2.38. The van der Waals surface area contributed by atoms with Gasteiger partial charge in [-0.1, -0.05) is 48.5 Å². The number of aromatic hydroxyl groups is 2.